The fourth-order valence-electron chi connectivity index (χ4n) is 2.03. The third-order valence-electron chi connectivity index (χ3n) is 2.95. The summed E-state index contributed by atoms with van der Waals surface area (Å²) < 4.78 is 7.35. The Balaban J connectivity index is 2.17. The molecular weight excluding hydrogens is 431 g/mol. The van der Waals surface area contributed by atoms with E-state index in [9.17, 15) is 0 Å². The summed E-state index contributed by atoms with van der Waals surface area (Å²) in [5, 5.41) is 4.11. The van der Waals surface area contributed by atoms with Gasteiger partial charge in [0.2, 0.25) is 5.88 Å². The van der Waals surface area contributed by atoms with Gasteiger partial charge in [-0.15, -0.1) is 0 Å². The van der Waals surface area contributed by atoms with Gasteiger partial charge in [-0.3, -0.25) is 0 Å². The molecule has 3 nitrogen and oxygen atoms in total. The van der Waals surface area contributed by atoms with Crippen molar-refractivity contribution in [3.63, 3.8) is 0 Å². The fourth-order valence-corrected chi connectivity index (χ4v) is 2.84. The molecule has 0 fully saturated rings. The van der Waals surface area contributed by atoms with Crippen molar-refractivity contribution < 1.29 is 4.52 Å². The number of aromatic nitrogens is 1. The van der Waals surface area contributed by atoms with E-state index in [2.05, 4.69) is 49.7 Å². The molecule has 0 spiro atoms. The van der Waals surface area contributed by atoms with Crippen LogP contribution in [0.2, 0.25) is 0 Å². The van der Waals surface area contributed by atoms with Crippen molar-refractivity contribution in [3.8, 4) is 22.4 Å². The molecule has 1 heterocycles. The third kappa shape index (κ3) is 2.60. The molecule has 0 aliphatic rings. The smallest absolute Gasteiger partial charge is 0.230 e. The lowest BCUT2D eigenvalue weighted by molar-refractivity contribution is 0.439. The Morgan fingerprint density at radius 2 is 1.80 bits per heavy atom. The van der Waals surface area contributed by atoms with Gasteiger partial charge in [-0.25, -0.2) is 0 Å². The Kier molecular flexibility index (Phi) is 3.80. The van der Waals surface area contributed by atoms with Crippen LogP contribution in [0, 0.1) is 3.57 Å². The Morgan fingerprint density at radius 3 is 2.50 bits per heavy atom. The Labute approximate surface area is 138 Å². The zero-order valence-corrected chi connectivity index (χ0v) is 14.1. The largest absolute Gasteiger partial charge is 0.367 e. The highest BCUT2D eigenvalue weighted by Crippen LogP contribution is 2.36. The topological polar surface area (TPSA) is 52.0 Å². The summed E-state index contributed by atoms with van der Waals surface area (Å²) >= 11 is 5.70. The van der Waals surface area contributed by atoms with E-state index >= 15 is 0 Å². The third-order valence-corrected chi connectivity index (χ3v) is 4.15. The molecule has 2 aromatic carbocycles. The monoisotopic (exact) mass is 440 g/mol. The second-order valence-corrected chi connectivity index (χ2v) is 6.45. The van der Waals surface area contributed by atoms with Crippen molar-refractivity contribution in [2.45, 2.75) is 0 Å². The number of nitrogens with two attached hydrogens (primary N) is 1. The maximum Gasteiger partial charge on any atom is 0.230 e. The van der Waals surface area contributed by atoms with Crippen molar-refractivity contribution in [1.82, 2.24) is 5.16 Å². The van der Waals surface area contributed by atoms with Crippen LogP contribution in [0.25, 0.3) is 22.4 Å². The highest BCUT2D eigenvalue weighted by atomic mass is 127. The maximum absolute atomic E-state index is 5.94. The van der Waals surface area contributed by atoms with E-state index in [1.54, 1.807) is 0 Å². The molecule has 0 bridgehead atoms. The second kappa shape index (κ2) is 5.57. The summed E-state index contributed by atoms with van der Waals surface area (Å²) in [7, 11) is 0. The van der Waals surface area contributed by atoms with E-state index in [1.807, 2.05) is 42.5 Å². The van der Waals surface area contributed by atoms with Crippen molar-refractivity contribution in [2.75, 3.05) is 5.73 Å². The molecular formula is C15H10BrIN2O. The molecule has 3 aromatic rings. The highest BCUT2D eigenvalue weighted by Gasteiger charge is 2.17. The van der Waals surface area contributed by atoms with E-state index in [0.29, 0.717) is 5.88 Å². The van der Waals surface area contributed by atoms with Gasteiger partial charge in [-0.05, 0) is 52.4 Å². The van der Waals surface area contributed by atoms with Gasteiger partial charge >= 0.3 is 0 Å². The van der Waals surface area contributed by atoms with Gasteiger partial charge < -0.3 is 10.3 Å². The van der Waals surface area contributed by atoms with Crippen LogP contribution < -0.4 is 5.73 Å². The highest BCUT2D eigenvalue weighted by molar-refractivity contribution is 14.1. The van der Waals surface area contributed by atoms with Crippen molar-refractivity contribution in [3.05, 3.63) is 56.6 Å². The minimum Gasteiger partial charge on any atom is -0.367 e. The zero-order valence-electron chi connectivity index (χ0n) is 10.3. The van der Waals surface area contributed by atoms with Crippen LogP contribution in [0.3, 0.4) is 0 Å². The molecule has 1 aromatic heterocycles. The van der Waals surface area contributed by atoms with Gasteiger partial charge in [0.25, 0.3) is 0 Å². The molecule has 20 heavy (non-hydrogen) atoms. The van der Waals surface area contributed by atoms with Gasteiger partial charge in [0, 0.05) is 13.6 Å². The number of anilines is 1. The van der Waals surface area contributed by atoms with Crippen LogP contribution >= 0.6 is 38.5 Å². The van der Waals surface area contributed by atoms with Crippen molar-refractivity contribution in [2.24, 2.45) is 0 Å². The molecule has 2 N–H and O–H groups in total. The zero-order chi connectivity index (χ0) is 14.1. The van der Waals surface area contributed by atoms with Gasteiger partial charge in [-0.2, -0.15) is 0 Å². The van der Waals surface area contributed by atoms with Crippen LogP contribution in [0.1, 0.15) is 0 Å². The molecule has 0 atom stereocenters. The normalized spacial score (nSPS) is 10.7. The minimum atomic E-state index is 0.334. The first-order chi connectivity index (χ1) is 9.65. The Morgan fingerprint density at radius 1 is 1.05 bits per heavy atom. The lowest BCUT2D eigenvalue weighted by Gasteiger charge is -2.03. The summed E-state index contributed by atoms with van der Waals surface area (Å²) in [6.45, 7) is 0. The number of nitrogen functional groups attached to an aromatic ring is 1. The standard InChI is InChI=1S/C15H10BrIN2O/c16-11-6-4-9(5-7-11)13-14(19-20-15(13)18)10-2-1-3-12(17)8-10/h1-8H,18H2. The van der Waals surface area contributed by atoms with Gasteiger partial charge in [0.05, 0.1) is 5.56 Å². The minimum absolute atomic E-state index is 0.334. The summed E-state index contributed by atoms with van der Waals surface area (Å²) in [5.74, 6) is 0.334. The average Bonchev–Trinajstić information content (AvgIpc) is 2.82. The molecule has 0 aliphatic heterocycles. The number of hydrogen-bond donors (Lipinski definition) is 1. The Bertz CT molecular complexity index is 753. The van der Waals surface area contributed by atoms with Gasteiger partial charge in [0.1, 0.15) is 5.69 Å². The molecule has 0 aliphatic carbocycles. The fraction of sp³-hybridized carbons (Fsp3) is 0. The lowest BCUT2D eigenvalue weighted by Crippen LogP contribution is -1.88. The molecule has 0 unspecified atom stereocenters. The molecule has 0 amide bonds. The average molecular weight is 441 g/mol. The number of halogens is 2. The van der Waals surface area contributed by atoms with E-state index in [0.717, 1.165) is 30.4 Å². The van der Waals surface area contributed by atoms with Crippen LogP contribution in [0.4, 0.5) is 5.88 Å². The number of hydrogen-bond acceptors (Lipinski definition) is 3. The van der Waals surface area contributed by atoms with Crippen LogP contribution in [-0.2, 0) is 0 Å². The van der Waals surface area contributed by atoms with E-state index in [4.69, 9.17) is 10.3 Å². The molecule has 0 saturated carbocycles. The lowest BCUT2D eigenvalue weighted by atomic mass is 10.0. The first-order valence-electron chi connectivity index (χ1n) is 5.92. The molecule has 0 radical (unpaired) electrons. The van der Waals surface area contributed by atoms with Crippen molar-refractivity contribution in [1.29, 1.82) is 0 Å². The van der Waals surface area contributed by atoms with E-state index in [1.165, 1.54) is 0 Å². The first kappa shape index (κ1) is 13.6. The first-order valence-corrected chi connectivity index (χ1v) is 7.79. The number of rotatable bonds is 2. The molecule has 100 valence electrons. The predicted octanol–water partition coefficient (Wildman–Crippen LogP) is 4.96. The summed E-state index contributed by atoms with van der Waals surface area (Å²) in [5.41, 5.74) is 9.53. The van der Waals surface area contributed by atoms with E-state index < -0.39 is 0 Å². The summed E-state index contributed by atoms with van der Waals surface area (Å²) in [6, 6.07) is 16.0. The van der Waals surface area contributed by atoms with Gasteiger partial charge in [0.15, 0.2) is 0 Å². The molecule has 5 heteroatoms. The second-order valence-electron chi connectivity index (χ2n) is 4.29. The summed E-state index contributed by atoms with van der Waals surface area (Å²) in [4.78, 5) is 0. The van der Waals surface area contributed by atoms with Crippen LogP contribution in [-0.4, -0.2) is 5.16 Å². The molecule has 0 saturated heterocycles. The number of benzene rings is 2. The quantitative estimate of drug-likeness (QED) is 0.573. The molecule has 3 rings (SSSR count). The van der Waals surface area contributed by atoms with E-state index in [-0.39, 0.29) is 0 Å². The SMILES string of the molecule is Nc1onc(-c2cccc(I)c2)c1-c1ccc(Br)cc1. The Hall–Kier alpha value is -1.34. The van der Waals surface area contributed by atoms with Crippen LogP contribution in [0.15, 0.2) is 57.5 Å². The summed E-state index contributed by atoms with van der Waals surface area (Å²) in [6.07, 6.45) is 0. The van der Waals surface area contributed by atoms with Gasteiger partial charge in [-0.1, -0.05) is 45.4 Å². The number of nitrogens with zero attached hydrogens (tertiary/aromatic N) is 1. The maximum atomic E-state index is 5.94. The van der Waals surface area contributed by atoms with Crippen molar-refractivity contribution >= 4 is 44.4 Å². The van der Waals surface area contributed by atoms with Crippen LogP contribution in [0.5, 0.6) is 0 Å². The predicted molar refractivity (Wildman–Crippen MR) is 92.2 cm³/mol.